The Balaban J connectivity index is 2.06. The lowest BCUT2D eigenvalue weighted by Crippen LogP contribution is -2.40. The van der Waals surface area contributed by atoms with E-state index in [9.17, 15) is 14.9 Å². The number of amides is 1. The van der Waals surface area contributed by atoms with Gasteiger partial charge in [-0.2, -0.15) is 0 Å². The fourth-order valence-electron chi connectivity index (χ4n) is 2.14. The molecular formula is C13H15BrN2O4. The van der Waals surface area contributed by atoms with E-state index < -0.39 is 4.92 Å². The number of nitrogens with zero attached hydrogens (tertiary/aromatic N) is 1. The summed E-state index contributed by atoms with van der Waals surface area (Å²) >= 11 is 3.09. The summed E-state index contributed by atoms with van der Waals surface area (Å²) in [6.07, 6.45) is 1.88. The molecule has 20 heavy (non-hydrogen) atoms. The Kier molecular flexibility index (Phi) is 4.39. The quantitative estimate of drug-likeness (QED) is 0.673. The van der Waals surface area contributed by atoms with Crippen molar-refractivity contribution in [3.63, 3.8) is 0 Å². The highest BCUT2D eigenvalue weighted by atomic mass is 79.9. The van der Waals surface area contributed by atoms with Crippen molar-refractivity contribution in [1.29, 1.82) is 0 Å². The molecule has 0 spiro atoms. The first-order valence-corrected chi connectivity index (χ1v) is 7.07. The maximum Gasteiger partial charge on any atom is 0.284 e. The molecule has 1 aromatic rings. The second kappa shape index (κ2) is 5.88. The maximum atomic E-state index is 12.0. The van der Waals surface area contributed by atoms with Crippen LogP contribution in [-0.4, -0.2) is 29.6 Å². The molecule has 1 amide bonds. The van der Waals surface area contributed by atoms with Crippen molar-refractivity contribution in [3.8, 4) is 0 Å². The fraction of sp³-hybridized carbons (Fsp3) is 0.462. The van der Waals surface area contributed by atoms with Crippen LogP contribution in [0.15, 0.2) is 22.7 Å². The number of ether oxygens (including phenoxy) is 1. The summed E-state index contributed by atoms with van der Waals surface area (Å²) in [6.45, 7) is 3.05. The van der Waals surface area contributed by atoms with Crippen molar-refractivity contribution in [2.24, 2.45) is 0 Å². The number of benzene rings is 1. The van der Waals surface area contributed by atoms with Crippen LogP contribution < -0.4 is 5.32 Å². The van der Waals surface area contributed by atoms with Crippen LogP contribution in [0.25, 0.3) is 0 Å². The van der Waals surface area contributed by atoms with Gasteiger partial charge in [0.25, 0.3) is 11.6 Å². The van der Waals surface area contributed by atoms with Crippen LogP contribution in [0, 0.1) is 10.1 Å². The van der Waals surface area contributed by atoms with Crippen molar-refractivity contribution >= 4 is 27.5 Å². The Labute approximate surface area is 124 Å². The Morgan fingerprint density at radius 1 is 1.60 bits per heavy atom. The molecule has 2 rings (SSSR count). The highest BCUT2D eigenvalue weighted by molar-refractivity contribution is 9.10. The molecule has 0 radical (unpaired) electrons. The molecule has 0 aromatic heterocycles. The van der Waals surface area contributed by atoms with Gasteiger partial charge in [-0.1, -0.05) is 0 Å². The van der Waals surface area contributed by atoms with Gasteiger partial charge in [0.1, 0.15) is 0 Å². The highest BCUT2D eigenvalue weighted by Crippen LogP contribution is 2.26. The number of rotatable bonds is 4. The lowest BCUT2D eigenvalue weighted by Gasteiger charge is -2.23. The summed E-state index contributed by atoms with van der Waals surface area (Å²) < 4.78 is 5.93. The largest absolute Gasteiger partial charge is 0.373 e. The van der Waals surface area contributed by atoms with Crippen LogP contribution in [0.1, 0.15) is 30.1 Å². The van der Waals surface area contributed by atoms with Crippen molar-refractivity contribution < 1.29 is 14.5 Å². The molecule has 1 aromatic carbocycles. The molecule has 1 heterocycles. The molecule has 6 nitrogen and oxygen atoms in total. The van der Waals surface area contributed by atoms with Gasteiger partial charge in [-0.3, -0.25) is 14.9 Å². The minimum atomic E-state index is -0.526. The zero-order valence-electron chi connectivity index (χ0n) is 11.0. The van der Waals surface area contributed by atoms with Gasteiger partial charge in [-0.25, -0.2) is 0 Å². The molecule has 7 heteroatoms. The minimum absolute atomic E-state index is 0.124. The number of nitrogens with one attached hydrogen (secondary N) is 1. The molecule has 0 bridgehead atoms. The van der Waals surface area contributed by atoms with Gasteiger partial charge in [-0.15, -0.1) is 0 Å². The molecular weight excluding hydrogens is 328 g/mol. The highest BCUT2D eigenvalue weighted by Gasteiger charge is 2.30. The van der Waals surface area contributed by atoms with Gasteiger partial charge in [0, 0.05) is 24.8 Å². The van der Waals surface area contributed by atoms with E-state index in [0.29, 0.717) is 17.6 Å². The normalized spacial score (nSPS) is 21.7. The standard InChI is InChI=1S/C13H15BrN2O4/c1-13(5-2-6-20-13)8-15-12(17)9-3-4-10(14)11(7-9)16(18)19/h3-4,7H,2,5-6,8H2,1H3,(H,15,17). The van der Waals surface area contributed by atoms with E-state index >= 15 is 0 Å². The second-order valence-corrected chi connectivity index (χ2v) is 5.86. The Bertz CT molecular complexity index is 541. The lowest BCUT2D eigenvalue weighted by molar-refractivity contribution is -0.385. The molecule has 1 atom stereocenters. The number of nitro groups is 1. The zero-order chi connectivity index (χ0) is 14.8. The molecule has 1 saturated heterocycles. The minimum Gasteiger partial charge on any atom is -0.373 e. The second-order valence-electron chi connectivity index (χ2n) is 5.01. The van der Waals surface area contributed by atoms with Gasteiger partial charge in [-0.05, 0) is 47.8 Å². The molecule has 1 fully saturated rings. The molecule has 0 saturated carbocycles. The van der Waals surface area contributed by atoms with Crippen molar-refractivity contribution in [2.45, 2.75) is 25.4 Å². The Morgan fingerprint density at radius 2 is 2.35 bits per heavy atom. The van der Waals surface area contributed by atoms with E-state index in [1.54, 1.807) is 6.07 Å². The number of carbonyl (C=O) groups excluding carboxylic acids is 1. The lowest BCUT2D eigenvalue weighted by atomic mass is 10.0. The van der Waals surface area contributed by atoms with E-state index in [2.05, 4.69) is 21.2 Å². The van der Waals surface area contributed by atoms with Gasteiger partial charge in [0.05, 0.1) is 15.0 Å². The monoisotopic (exact) mass is 342 g/mol. The molecule has 1 aliphatic rings. The summed E-state index contributed by atoms with van der Waals surface area (Å²) in [5.41, 5.74) is -0.195. The number of carbonyl (C=O) groups is 1. The molecule has 1 N–H and O–H groups in total. The predicted molar refractivity (Wildman–Crippen MR) is 76.7 cm³/mol. The fourth-order valence-corrected chi connectivity index (χ4v) is 2.53. The number of hydrogen-bond donors (Lipinski definition) is 1. The summed E-state index contributed by atoms with van der Waals surface area (Å²) in [5, 5.41) is 13.6. The third kappa shape index (κ3) is 3.34. The number of nitro benzene ring substituents is 1. The first kappa shape index (κ1) is 14.9. The van der Waals surface area contributed by atoms with Crippen molar-refractivity contribution in [3.05, 3.63) is 38.3 Å². The van der Waals surface area contributed by atoms with E-state index in [4.69, 9.17) is 4.74 Å². The smallest absolute Gasteiger partial charge is 0.284 e. The van der Waals surface area contributed by atoms with E-state index in [-0.39, 0.29) is 22.8 Å². The van der Waals surface area contributed by atoms with Crippen molar-refractivity contribution in [1.82, 2.24) is 5.32 Å². The molecule has 108 valence electrons. The number of hydrogen-bond acceptors (Lipinski definition) is 4. The van der Waals surface area contributed by atoms with Crippen LogP contribution in [0.4, 0.5) is 5.69 Å². The summed E-state index contributed by atoms with van der Waals surface area (Å²) in [7, 11) is 0. The number of halogens is 1. The SMILES string of the molecule is CC1(CNC(=O)c2ccc(Br)c([N+](=O)[O-])c2)CCCO1. The third-order valence-electron chi connectivity index (χ3n) is 3.33. The van der Waals surface area contributed by atoms with Crippen LogP contribution in [-0.2, 0) is 4.74 Å². The summed E-state index contributed by atoms with van der Waals surface area (Å²) in [4.78, 5) is 22.3. The first-order chi connectivity index (χ1) is 9.41. The Morgan fingerprint density at radius 3 is 2.95 bits per heavy atom. The van der Waals surface area contributed by atoms with Crippen LogP contribution >= 0.6 is 15.9 Å². The van der Waals surface area contributed by atoms with Gasteiger partial charge in [0.15, 0.2) is 0 Å². The molecule has 1 aliphatic heterocycles. The first-order valence-electron chi connectivity index (χ1n) is 6.27. The predicted octanol–water partition coefficient (Wildman–Crippen LogP) is 2.66. The topological polar surface area (TPSA) is 81.5 Å². The van der Waals surface area contributed by atoms with Crippen LogP contribution in [0.2, 0.25) is 0 Å². The van der Waals surface area contributed by atoms with Crippen LogP contribution in [0.5, 0.6) is 0 Å². The maximum absolute atomic E-state index is 12.0. The van der Waals surface area contributed by atoms with Crippen LogP contribution in [0.3, 0.4) is 0 Å². The van der Waals surface area contributed by atoms with E-state index in [1.165, 1.54) is 12.1 Å². The third-order valence-corrected chi connectivity index (χ3v) is 4.00. The van der Waals surface area contributed by atoms with Gasteiger partial charge >= 0.3 is 0 Å². The summed E-state index contributed by atoms with van der Waals surface area (Å²) in [6, 6.07) is 4.31. The van der Waals surface area contributed by atoms with E-state index in [0.717, 1.165) is 12.8 Å². The Hall–Kier alpha value is -1.47. The summed E-state index contributed by atoms with van der Waals surface area (Å²) in [5.74, 6) is -0.336. The average molecular weight is 343 g/mol. The van der Waals surface area contributed by atoms with E-state index in [1.807, 2.05) is 6.92 Å². The molecule has 0 aliphatic carbocycles. The van der Waals surface area contributed by atoms with Crippen molar-refractivity contribution in [2.75, 3.05) is 13.2 Å². The zero-order valence-corrected chi connectivity index (χ0v) is 12.6. The van der Waals surface area contributed by atoms with Gasteiger partial charge in [0.2, 0.25) is 0 Å². The van der Waals surface area contributed by atoms with Gasteiger partial charge < -0.3 is 10.1 Å². The molecule has 1 unspecified atom stereocenters. The average Bonchev–Trinajstić information content (AvgIpc) is 2.84.